The fourth-order valence-corrected chi connectivity index (χ4v) is 7.95. The SMILES string of the molecule is CC/C=C\C/C=C\C/C=C\C/C=C\C/C=C\C/C=C\CCCCCCC(=O)OCC(COC(=O)CCCCCCCC)OC(=O)CCCCCCCCCCCCC/C=C\C/C=C\CCCCCCC. The first-order valence-electron chi connectivity index (χ1n) is 29.2. The lowest BCUT2D eigenvalue weighted by molar-refractivity contribution is -0.167. The van der Waals surface area contributed by atoms with Crippen molar-refractivity contribution in [1.29, 1.82) is 0 Å². The summed E-state index contributed by atoms with van der Waals surface area (Å²) >= 11 is 0. The zero-order valence-electron chi connectivity index (χ0n) is 45.8. The van der Waals surface area contributed by atoms with E-state index in [0.717, 1.165) is 116 Å². The molecule has 0 aliphatic rings. The van der Waals surface area contributed by atoms with Crippen LogP contribution in [0.15, 0.2) is 97.2 Å². The van der Waals surface area contributed by atoms with Crippen molar-refractivity contribution in [2.24, 2.45) is 0 Å². The normalized spacial score (nSPS) is 12.8. The number of hydrogen-bond donors (Lipinski definition) is 0. The van der Waals surface area contributed by atoms with Gasteiger partial charge in [-0.2, -0.15) is 0 Å². The fourth-order valence-electron chi connectivity index (χ4n) is 7.95. The van der Waals surface area contributed by atoms with Crippen molar-refractivity contribution in [3.05, 3.63) is 97.2 Å². The molecule has 0 bridgehead atoms. The summed E-state index contributed by atoms with van der Waals surface area (Å²) in [6.45, 7) is 6.44. The third kappa shape index (κ3) is 55.3. The van der Waals surface area contributed by atoms with Gasteiger partial charge in [-0.1, -0.05) is 246 Å². The smallest absolute Gasteiger partial charge is 0.306 e. The zero-order chi connectivity index (χ0) is 50.7. The molecule has 6 nitrogen and oxygen atoms in total. The summed E-state index contributed by atoms with van der Waals surface area (Å²) < 4.78 is 16.7. The van der Waals surface area contributed by atoms with E-state index in [-0.39, 0.29) is 31.1 Å². The molecule has 0 fully saturated rings. The van der Waals surface area contributed by atoms with E-state index in [1.165, 1.54) is 116 Å². The number of ether oxygens (including phenoxy) is 3. The number of carbonyl (C=O) groups excluding carboxylic acids is 3. The van der Waals surface area contributed by atoms with Crippen molar-refractivity contribution in [3.8, 4) is 0 Å². The summed E-state index contributed by atoms with van der Waals surface area (Å²) in [6.07, 6.45) is 77.2. The van der Waals surface area contributed by atoms with Gasteiger partial charge in [0.15, 0.2) is 6.10 Å². The van der Waals surface area contributed by atoms with E-state index in [4.69, 9.17) is 14.2 Å². The van der Waals surface area contributed by atoms with Crippen molar-refractivity contribution in [2.75, 3.05) is 13.2 Å². The lowest BCUT2D eigenvalue weighted by atomic mass is 10.0. The molecule has 0 aliphatic carbocycles. The number of rotatable bonds is 52. The topological polar surface area (TPSA) is 78.9 Å². The Morgan fingerprint density at radius 1 is 0.300 bits per heavy atom. The number of hydrogen-bond acceptors (Lipinski definition) is 6. The molecule has 0 aromatic heterocycles. The predicted molar refractivity (Wildman–Crippen MR) is 302 cm³/mol. The molecule has 0 radical (unpaired) electrons. The molecule has 0 saturated carbocycles. The third-order valence-corrected chi connectivity index (χ3v) is 12.3. The molecule has 0 saturated heterocycles. The molecule has 0 spiro atoms. The second-order valence-corrected chi connectivity index (χ2v) is 19.2. The first kappa shape index (κ1) is 66.3. The van der Waals surface area contributed by atoms with Crippen molar-refractivity contribution in [3.63, 3.8) is 0 Å². The van der Waals surface area contributed by atoms with Crippen LogP contribution in [0.2, 0.25) is 0 Å². The van der Waals surface area contributed by atoms with Gasteiger partial charge in [0.25, 0.3) is 0 Å². The quantitative estimate of drug-likeness (QED) is 0.0262. The molecule has 0 aromatic rings. The Morgan fingerprint density at radius 3 is 0.871 bits per heavy atom. The van der Waals surface area contributed by atoms with Gasteiger partial charge in [-0.15, -0.1) is 0 Å². The van der Waals surface area contributed by atoms with Gasteiger partial charge in [0.05, 0.1) is 0 Å². The van der Waals surface area contributed by atoms with Crippen molar-refractivity contribution in [2.45, 2.75) is 277 Å². The van der Waals surface area contributed by atoms with Crippen LogP contribution >= 0.6 is 0 Å². The van der Waals surface area contributed by atoms with Crippen LogP contribution in [-0.4, -0.2) is 37.2 Å². The summed E-state index contributed by atoms with van der Waals surface area (Å²) in [4.78, 5) is 37.9. The molecule has 0 rings (SSSR count). The maximum Gasteiger partial charge on any atom is 0.306 e. The minimum Gasteiger partial charge on any atom is -0.462 e. The van der Waals surface area contributed by atoms with E-state index in [0.29, 0.717) is 19.3 Å². The Morgan fingerprint density at radius 2 is 0.557 bits per heavy atom. The number of unbranched alkanes of at least 4 members (excludes halogenated alkanes) is 25. The Balaban J connectivity index is 4.21. The summed E-state index contributed by atoms with van der Waals surface area (Å²) in [5.74, 6) is -0.922. The van der Waals surface area contributed by atoms with Gasteiger partial charge in [0.2, 0.25) is 0 Å². The number of esters is 3. The average molecular weight is 974 g/mol. The van der Waals surface area contributed by atoms with Gasteiger partial charge in [-0.05, 0) is 103 Å². The average Bonchev–Trinajstić information content (AvgIpc) is 3.36. The van der Waals surface area contributed by atoms with Crippen LogP contribution in [0.4, 0.5) is 0 Å². The van der Waals surface area contributed by atoms with E-state index >= 15 is 0 Å². The first-order valence-corrected chi connectivity index (χ1v) is 29.2. The summed E-state index contributed by atoms with van der Waals surface area (Å²) in [5, 5.41) is 0. The molecule has 0 N–H and O–H groups in total. The van der Waals surface area contributed by atoms with E-state index in [1.54, 1.807) is 0 Å². The van der Waals surface area contributed by atoms with Gasteiger partial charge in [0, 0.05) is 19.3 Å². The molecular formula is C64H108O6. The van der Waals surface area contributed by atoms with Crippen LogP contribution < -0.4 is 0 Å². The maximum absolute atomic E-state index is 12.8. The van der Waals surface area contributed by atoms with Crippen LogP contribution in [-0.2, 0) is 28.6 Å². The fraction of sp³-hybridized carbons (Fsp3) is 0.703. The monoisotopic (exact) mass is 973 g/mol. The third-order valence-electron chi connectivity index (χ3n) is 12.3. The van der Waals surface area contributed by atoms with E-state index in [2.05, 4.69) is 118 Å². The second kappa shape index (κ2) is 57.9. The highest BCUT2D eigenvalue weighted by atomic mass is 16.6. The van der Waals surface area contributed by atoms with Crippen LogP contribution in [0.25, 0.3) is 0 Å². The Labute approximate surface area is 432 Å². The number of allylic oxidation sites excluding steroid dienone is 16. The van der Waals surface area contributed by atoms with Gasteiger partial charge in [-0.25, -0.2) is 0 Å². The van der Waals surface area contributed by atoms with Crippen LogP contribution in [0.3, 0.4) is 0 Å². The lowest BCUT2D eigenvalue weighted by Crippen LogP contribution is -2.30. The Bertz CT molecular complexity index is 1400. The molecular weight excluding hydrogens is 865 g/mol. The highest BCUT2D eigenvalue weighted by Gasteiger charge is 2.19. The van der Waals surface area contributed by atoms with Crippen LogP contribution in [0.1, 0.15) is 271 Å². The zero-order valence-corrected chi connectivity index (χ0v) is 45.8. The maximum atomic E-state index is 12.8. The second-order valence-electron chi connectivity index (χ2n) is 19.2. The lowest BCUT2D eigenvalue weighted by Gasteiger charge is -2.18. The van der Waals surface area contributed by atoms with Gasteiger partial charge in [-0.3, -0.25) is 14.4 Å². The predicted octanol–water partition coefficient (Wildman–Crippen LogP) is 19.7. The Kier molecular flexibility index (Phi) is 54.9. The number of carbonyl (C=O) groups is 3. The van der Waals surface area contributed by atoms with Crippen molar-refractivity contribution in [1.82, 2.24) is 0 Å². The molecule has 0 aromatic carbocycles. The van der Waals surface area contributed by atoms with Crippen molar-refractivity contribution >= 4 is 17.9 Å². The molecule has 0 aliphatic heterocycles. The van der Waals surface area contributed by atoms with Crippen LogP contribution in [0, 0.1) is 0 Å². The first-order chi connectivity index (χ1) is 34.5. The molecule has 6 heteroatoms. The molecule has 1 unspecified atom stereocenters. The Hall–Kier alpha value is -3.67. The molecule has 0 heterocycles. The summed E-state index contributed by atoms with van der Waals surface area (Å²) in [7, 11) is 0. The molecule has 70 heavy (non-hydrogen) atoms. The van der Waals surface area contributed by atoms with Gasteiger partial charge in [0.1, 0.15) is 13.2 Å². The van der Waals surface area contributed by atoms with Crippen LogP contribution in [0.5, 0.6) is 0 Å². The highest BCUT2D eigenvalue weighted by molar-refractivity contribution is 5.71. The highest BCUT2D eigenvalue weighted by Crippen LogP contribution is 2.15. The van der Waals surface area contributed by atoms with Crippen molar-refractivity contribution < 1.29 is 28.6 Å². The summed E-state index contributed by atoms with van der Waals surface area (Å²) in [5.41, 5.74) is 0. The molecule has 1 atom stereocenters. The summed E-state index contributed by atoms with van der Waals surface area (Å²) in [6, 6.07) is 0. The van der Waals surface area contributed by atoms with E-state index in [9.17, 15) is 14.4 Å². The minimum atomic E-state index is -0.787. The molecule has 400 valence electrons. The standard InChI is InChI=1S/C64H108O6/c1-4-7-10-13-16-18-20-22-24-26-28-30-32-34-36-38-40-42-44-46-48-51-54-57-63(66)69-60-61(59-68-62(65)56-53-50-15-12-9-6-3)70-64(67)58-55-52-49-47-45-43-41-39-37-35-33-31-29-27-25-23-21-19-17-14-11-8-5-2/h7,10,16,18,21-24,27-30,34,36,40,42,61H,4-6,8-9,11-15,17,19-20,25-26,31-33,35,37-39,41,43-60H2,1-3H3/b10-7-,18-16-,23-21-,24-22-,29-27-,30-28-,36-34-,42-40-. The van der Waals surface area contributed by atoms with Gasteiger partial charge >= 0.3 is 17.9 Å². The minimum absolute atomic E-state index is 0.0868. The largest absolute Gasteiger partial charge is 0.462 e. The van der Waals surface area contributed by atoms with E-state index in [1.807, 2.05) is 0 Å². The van der Waals surface area contributed by atoms with Gasteiger partial charge < -0.3 is 14.2 Å². The molecule has 0 amide bonds. The van der Waals surface area contributed by atoms with E-state index < -0.39 is 6.10 Å².